The van der Waals surface area contributed by atoms with E-state index in [-0.39, 0.29) is 12.0 Å². The third kappa shape index (κ3) is 2.40. The molecule has 4 rings (SSSR count). The molecular formula is C18H22N2O. The zero-order valence-electron chi connectivity index (χ0n) is 12.3. The predicted octanol–water partition coefficient (Wildman–Crippen LogP) is 3.45. The van der Waals surface area contributed by atoms with Gasteiger partial charge in [-0.05, 0) is 48.8 Å². The minimum absolute atomic E-state index is 0.273. The lowest BCUT2D eigenvalue weighted by atomic mass is 9.98. The van der Waals surface area contributed by atoms with Gasteiger partial charge in [0.1, 0.15) is 0 Å². The molecule has 3 heteroatoms. The van der Waals surface area contributed by atoms with Gasteiger partial charge in [0.15, 0.2) is 0 Å². The Morgan fingerprint density at radius 1 is 1.14 bits per heavy atom. The number of rotatable bonds is 3. The van der Waals surface area contributed by atoms with E-state index in [2.05, 4.69) is 35.1 Å². The minimum atomic E-state index is -0.335. The van der Waals surface area contributed by atoms with Gasteiger partial charge in [0.2, 0.25) is 0 Å². The van der Waals surface area contributed by atoms with Crippen LogP contribution in [0.25, 0.3) is 0 Å². The van der Waals surface area contributed by atoms with Crippen LogP contribution in [0, 0.1) is 5.92 Å². The van der Waals surface area contributed by atoms with E-state index in [0.717, 1.165) is 24.1 Å². The van der Waals surface area contributed by atoms with Crippen molar-refractivity contribution >= 4 is 0 Å². The topological polar surface area (TPSA) is 38.0 Å². The lowest BCUT2D eigenvalue weighted by Gasteiger charge is -2.14. The van der Waals surface area contributed by atoms with Crippen LogP contribution in [-0.4, -0.2) is 14.9 Å². The number of fused-ring (bicyclic) bond motifs is 1. The van der Waals surface area contributed by atoms with Crippen LogP contribution in [0.4, 0.5) is 0 Å². The van der Waals surface area contributed by atoms with Crippen LogP contribution < -0.4 is 0 Å². The minimum Gasteiger partial charge on any atom is -0.388 e. The zero-order valence-corrected chi connectivity index (χ0v) is 12.3. The third-order valence-corrected chi connectivity index (χ3v) is 5.14. The predicted molar refractivity (Wildman–Crippen MR) is 82.0 cm³/mol. The average Bonchev–Trinajstić information content (AvgIpc) is 3.21. The van der Waals surface area contributed by atoms with Crippen LogP contribution in [0.3, 0.4) is 0 Å². The molecule has 2 unspecified atom stereocenters. The van der Waals surface area contributed by atoms with Gasteiger partial charge in [-0.2, -0.15) is 5.10 Å². The standard InChI is InChI=1S/C18H22N2O/c21-18-14(11-13-5-1-4-8-17(13)18)12-15-9-10-20(19-15)16-6-2-3-7-16/h1,4-5,8-10,14,16,18,21H,2-3,6-7,11-12H2. The maximum absolute atomic E-state index is 10.5. The van der Waals surface area contributed by atoms with E-state index < -0.39 is 0 Å². The lowest BCUT2D eigenvalue weighted by molar-refractivity contribution is 0.122. The molecule has 1 fully saturated rings. The summed E-state index contributed by atoms with van der Waals surface area (Å²) in [5.41, 5.74) is 3.53. The Morgan fingerprint density at radius 3 is 2.76 bits per heavy atom. The number of hydrogen-bond acceptors (Lipinski definition) is 2. The summed E-state index contributed by atoms with van der Waals surface area (Å²) in [4.78, 5) is 0. The van der Waals surface area contributed by atoms with Crippen molar-refractivity contribution in [1.82, 2.24) is 9.78 Å². The molecule has 1 aromatic carbocycles. The summed E-state index contributed by atoms with van der Waals surface area (Å²) in [6, 6.07) is 11.0. The summed E-state index contributed by atoms with van der Waals surface area (Å²) in [6.07, 6.45) is 8.81. The fourth-order valence-electron chi connectivity index (χ4n) is 3.97. The van der Waals surface area contributed by atoms with Crippen molar-refractivity contribution in [3.63, 3.8) is 0 Å². The number of hydrogen-bond donors (Lipinski definition) is 1. The normalized spacial score (nSPS) is 25.4. The lowest BCUT2D eigenvalue weighted by Crippen LogP contribution is -2.12. The van der Waals surface area contributed by atoms with E-state index >= 15 is 0 Å². The maximum atomic E-state index is 10.5. The van der Waals surface area contributed by atoms with E-state index in [0.29, 0.717) is 6.04 Å². The van der Waals surface area contributed by atoms with Gasteiger partial charge in [-0.1, -0.05) is 37.1 Å². The molecule has 3 nitrogen and oxygen atoms in total. The van der Waals surface area contributed by atoms with Gasteiger partial charge in [-0.25, -0.2) is 0 Å². The molecule has 0 radical (unpaired) electrons. The van der Waals surface area contributed by atoms with Gasteiger partial charge in [-0.3, -0.25) is 4.68 Å². The fourth-order valence-corrected chi connectivity index (χ4v) is 3.97. The molecule has 0 amide bonds. The molecular weight excluding hydrogens is 260 g/mol. The second-order valence-corrected chi connectivity index (χ2v) is 6.54. The molecule has 21 heavy (non-hydrogen) atoms. The molecule has 1 N–H and O–H groups in total. The smallest absolute Gasteiger partial charge is 0.0827 e. The number of aliphatic hydroxyl groups excluding tert-OH is 1. The van der Waals surface area contributed by atoms with Gasteiger partial charge < -0.3 is 5.11 Å². The Bertz CT molecular complexity index is 628. The summed E-state index contributed by atoms with van der Waals surface area (Å²) in [5.74, 6) is 0.273. The molecule has 0 saturated heterocycles. The monoisotopic (exact) mass is 282 g/mol. The van der Waals surface area contributed by atoms with Crippen LogP contribution in [-0.2, 0) is 12.8 Å². The Kier molecular flexibility index (Phi) is 3.30. The Morgan fingerprint density at radius 2 is 1.95 bits per heavy atom. The van der Waals surface area contributed by atoms with Crippen molar-refractivity contribution in [3.8, 4) is 0 Å². The first kappa shape index (κ1) is 13.1. The van der Waals surface area contributed by atoms with Crippen LogP contribution >= 0.6 is 0 Å². The number of aliphatic hydroxyl groups is 1. The molecule has 0 spiro atoms. The number of aromatic nitrogens is 2. The number of benzene rings is 1. The van der Waals surface area contributed by atoms with Gasteiger partial charge in [-0.15, -0.1) is 0 Å². The van der Waals surface area contributed by atoms with Crippen LogP contribution in [0.2, 0.25) is 0 Å². The fraction of sp³-hybridized carbons (Fsp3) is 0.500. The van der Waals surface area contributed by atoms with Gasteiger partial charge >= 0.3 is 0 Å². The van der Waals surface area contributed by atoms with Gasteiger partial charge in [0.25, 0.3) is 0 Å². The largest absolute Gasteiger partial charge is 0.388 e. The molecule has 1 aromatic heterocycles. The molecule has 0 bridgehead atoms. The first-order chi connectivity index (χ1) is 10.3. The quantitative estimate of drug-likeness (QED) is 0.936. The summed E-state index contributed by atoms with van der Waals surface area (Å²) in [7, 11) is 0. The van der Waals surface area contributed by atoms with Crippen molar-refractivity contribution in [2.75, 3.05) is 0 Å². The van der Waals surface area contributed by atoms with Crippen molar-refractivity contribution in [2.24, 2.45) is 5.92 Å². The van der Waals surface area contributed by atoms with Gasteiger partial charge in [0, 0.05) is 6.20 Å². The molecule has 0 aliphatic heterocycles. The zero-order chi connectivity index (χ0) is 14.2. The summed E-state index contributed by atoms with van der Waals surface area (Å²) < 4.78 is 2.15. The van der Waals surface area contributed by atoms with E-state index in [9.17, 15) is 5.11 Å². The van der Waals surface area contributed by atoms with Crippen molar-refractivity contribution < 1.29 is 5.11 Å². The van der Waals surface area contributed by atoms with E-state index in [4.69, 9.17) is 5.10 Å². The molecule has 1 saturated carbocycles. The molecule has 2 aliphatic carbocycles. The molecule has 2 aliphatic rings. The van der Waals surface area contributed by atoms with Crippen molar-refractivity contribution in [1.29, 1.82) is 0 Å². The first-order valence-corrected chi connectivity index (χ1v) is 8.11. The van der Waals surface area contributed by atoms with Crippen LogP contribution in [0.1, 0.15) is 54.6 Å². The summed E-state index contributed by atoms with van der Waals surface area (Å²) in [5, 5.41) is 15.2. The van der Waals surface area contributed by atoms with E-state index in [1.807, 2.05) is 6.07 Å². The molecule has 2 aromatic rings. The summed E-state index contributed by atoms with van der Waals surface area (Å²) >= 11 is 0. The Labute approximate surface area is 125 Å². The Hall–Kier alpha value is -1.61. The van der Waals surface area contributed by atoms with Crippen LogP contribution in [0.5, 0.6) is 0 Å². The highest BCUT2D eigenvalue weighted by molar-refractivity contribution is 5.34. The number of nitrogens with zero attached hydrogens (tertiary/aromatic N) is 2. The summed E-state index contributed by atoms with van der Waals surface area (Å²) in [6.45, 7) is 0. The van der Waals surface area contributed by atoms with Crippen molar-refractivity contribution in [2.45, 2.75) is 50.7 Å². The SMILES string of the molecule is OC1c2ccccc2CC1Cc1ccn(C2CCCC2)n1. The highest BCUT2D eigenvalue weighted by Crippen LogP contribution is 2.37. The molecule has 1 heterocycles. The second-order valence-electron chi connectivity index (χ2n) is 6.54. The highest BCUT2D eigenvalue weighted by Gasteiger charge is 2.31. The highest BCUT2D eigenvalue weighted by atomic mass is 16.3. The molecule has 2 atom stereocenters. The van der Waals surface area contributed by atoms with Crippen molar-refractivity contribution in [3.05, 3.63) is 53.3 Å². The third-order valence-electron chi connectivity index (χ3n) is 5.14. The second kappa shape index (κ2) is 5.30. The average molecular weight is 282 g/mol. The molecule has 110 valence electrons. The maximum Gasteiger partial charge on any atom is 0.0827 e. The van der Waals surface area contributed by atoms with E-state index in [1.165, 1.54) is 31.2 Å². The van der Waals surface area contributed by atoms with Crippen LogP contribution in [0.15, 0.2) is 36.5 Å². The Balaban J connectivity index is 1.47. The first-order valence-electron chi connectivity index (χ1n) is 8.11. The van der Waals surface area contributed by atoms with E-state index in [1.54, 1.807) is 0 Å². The van der Waals surface area contributed by atoms with Gasteiger partial charge in [0.05, 0.1) is 17.8 Å².